The van der Waals surface area contributed by atoms with Crippen LogP contribution in [0.3, 0.4) is 0 Å². The van der Waals surface area contributed by atoms with Crippen LogP contribution in [0.1, 0.15) is 4.88 Å². The monoisotopic (exact) mass is 379 g/mol. The lowest BCUT2D eigenvalue weighted by Gasteiger charge is -2.09. The number of hydrogen-bond acceptors (Lipinski definition) is 6. The maximum atomic E-state index is 13.0. The molecule has 0 bridgehead atoms. The van der Waals surface area contributed by atoms with Gasteiger partial charge in [-0.05, 0) is 24.3 Å². The molecule has 9 heteroatoms. The molecule has 0 atom stereocenters. The lowest BCUT2D eigenvalue weighted by molar-refractivity contribution is -0.384. The zero-order chi connectivity index (χ0) is 17.8. The number of non-ortho nitro benzene ring substituents is 1. The summed E-state index contributed by atoms with van der Waals surface area (Å²) in [6, 6.07) is 9.72. The van der Waals surface area contributed by atoms with E-state index in [0.717, 1.165) is 4.88 Å². The van der Waals surface area contributed by atoms with E-state index < -0.39 is 10.7 Å². The summed E-state index contributed by atoms with van der Waals surface area (Å²) < 4.78 is 19.0. The minimum Gasteiger partial charge on any atom is -0.457 e. The molecule has 0 amide bonds. The molecular weight excluding hydrogens is 369 g/mol. The molecule has 0 spiro atoms. The van der Waals surface area contributed by atoms with E-state index >= 15 is 0 Å². The first-order valence-corrected chi connectivity index (χ1v) is 8.26. The van der Waals surface area contributed by atoms with Crippen molar-refractivity contribution in [3.63, 3.8) is 0 Å². The van der Waals surface area contributed by atoms with Gasteiger partial charge < -0.3 is 10.1 Å². The van der Waals surface area contributed by atoms with E-state index in [9.17, 15) is 14.5 Å². The van der Waals surface area contributed by atoms with E-state index in [0.29, 0.717) is 22.4 Å². The van der Waals surface area contributed by atoms with Gasteiger partial charge in [-0.25, -0.2) is 9.37 Å². The van der Waals surface area contributed by atoms with Crippen LogP contribution in [0.4, 0.5) is 15.8 Å². The summed E-state index contributed by atoms with van der Waals surface area (Å²) in [5, 5.41) is 14.2. The van der Waals surface area contributed by atoms with Crippen molar-refractivity contribution >= 4 is 34.3 Å². The van der Waals surface area contributed by atoms with Gasteiger partial charge in [0, 0.05) is 28.9 Å². The first-order chi connectivity index (χ1) is 12.0. The highest BCUT2D eigenvalue weighted by molar-refractivity contribution is 7.15. The van der Waals surface area contributed by atoms with Crippen LogP contribution in [0.2, 0.25) is 4.47 Å². The topological polar surface area (TPSA) is 77.3 Å². The zero-order valence-electron chi connectivity index (χ0n) is 12.6. The molecule has 1 aromatic heterocycles. The molecular formula is C16H11ClFN3O3S. The molecule has 2 aromatic carbocycles. The van der Waals surface area contributed by atoms with Gasteiger partial charge in [-0.15, -0.1) is 11.3 Å². The number of thiazole rings is 1. The van der Waals surface area contributed by atoms with Crippen LogP contribution in [0.5, 0.6) is 11.5 Å². The number of anilines is 1. The highest BCUT2D eigenvalue weighted by Gasteiger charge is 2.12. The van der Waals surface area contributed by atoms with Gasteiger partial charge in [0.2, 0.25) is 0 Å². The summed E-state index contributed by atoms with van der Waals surface area (Å²) >= 11 is 7.10. The minimum atomic E-state index is -0.508. The van der Waals surface area contributed by atoms with Gasteiger partial charge in [0.1, 0.15) is 17.3 Å². The number of halogens is 2. The molecule has 0 fully saturated rings. The molecule has 3 rings (SSSR count). The van der Waals surface area contributed by atoms with E-state index in [1.807, 2.05) is 0 Å². The van der Waals surface area contributed by atoms with Crippen LogP contribution in [-0.2, 0) is 6.54 Å². The number of aromatic nitrogens is 1. The Morgan fingerprint density at radius 3 is 2.64 bits per heavy atom. The van der Waals surface area contributed by atoms with Gasteiger partial charge in [0.05, 0.1) is 17.5 Å². The second-order valence-corrected chi connectivity index (χ2v) is 6.66. The first kappa shape index (κ1) is 17.1. The molecule has 0 aliphatic rings. The number of nitrogens with zero attached hydrogens (tertiary/aromatic N) is 2. The Labute approximate surface area is 151 Å². The van der Waals surface area contributed by atoms with Crippen molar-refractivity contribution in [3.05, 3.63) is 73.9 Å². The molecule has 1 heterocycles. The number of nitro benzene ring substituents is 1. The lowest BCUT2D eigenvalue weighted by atomic mass is 10.2. The molecule has 0 aliphatic heterocycles. The fourth-order valence-electron chi connectivity index (χ4n) is 2.04. The number of benzene rings is 2. The fourth-order valence-corrected chi connectivity index (χ4v) is 2.96. The van der Waals surface area contributed by atoms with Gasteiger partial charge in [-0.1, -0.05) is 11.6 Å². The van der Waals surface area contributed by atoms with E-state index in [-0.39, 0.29) is 11.4 Å². The standard InChI is InChI=1S/C16H11ClFN3O3S/c17-16-20-9-15(25-16)8-19-11-5-12(21(22)23)7-14(6-11)24-13-3-1-10(18)2-4-13/h1-7,9,19H,8H2. The van der Waals surface area contributed by atoms with E-state index in [4.69, 9.17) is 16.3 Å². The molecule has 6 nitrogen and oxygen atoms in total. The van der Waals surface area contributed by atoms with Gasteiger partial charge in [0.25, 0.3) is 5.69 Å². The summed E-state index contributed by atoms with van der Waals surface area (Å²) in [6.45, 7) is 0.418. The lowest BCUT2D eigenvalue weighted by Crippen LogP contribution is -1.99. The molecule has 0 saturated carbocycles. The van der Waals surface area contributed by atoms with E-state index in [1.54, 1.807) is 12.3 Å². The molecule has 128 valence electrons. The van der Waals surface area contributed by atoms with Crippen LogP contribution in [0.25, 0.3) is 0 Å². The fraction of sp³-hybridized carbons (Fsp3) is 0.0625. The summed E-state index contributed by atoms with van der Waals surface area (Å²) in [6.07, 6.45) is 1.63. The van der Waals surface area contributed by atoms with Crippen molar-refractivity contribution in [1.82, 2.24) is 4.98 Å². The first-order valence-electron chi connectivity index (χ1n) is 7.06. The third kappa shape index (κ3) is 4.65. The predicted octanol–water partition coefficient (Wildman–Crippen LogP) is 5.25. The average molecular weight is 380 g/mol. The summed E-state index contributed by atoms with van der Waals surface area (Å²) in [5.74, 6) is 0.254. The zero-order valence-corrected chi connectivity index (χ0v) is 14.2. The van der Waals surface area contributed by atoms with Gasteiger partial charge in [0.15, 0.2) is 4.47 Å². The maximum Gasteiger partial charge on any atom is 0.275 e. The summed E-state index contributed by atoms with van der Waals surface area (Å²) in [4.78, 5) is 15.4. The Hall–Kier alpha value is -2.71. The molecule has 0 radical (unpaired) electrons. The highest BCUT2D eigenvalue weighted by Crippen LogP contribution is 2.30. The van der Waals surface area contributed by atoms with Crippen molar-refractivity contribution in [2.45, 2.75) is 6.54 Å². The number of ether oxygens (including phenoxy) is 1. The van der Waals surface area contributed by atoms with Gasteiger partial charge >= 0.3 is 0 Å². The number of nitrogens with one attached hydrogen (secondary N) is 1. The largest absolute Gasteiger partial charge is 0.457 e. The number of hydrogen-bond donors (Lipinski definition) is 1. The molecule has 25 heavy (non-hydrogen) atoms. The van der Waals surface area contributed by atoms with Gasteiger partial charge in [-0.2, -0.15) is 0 Å². The molecule has 0 aliphatic carbocycles. The van der Waals surface area contributed by atoms with Crippen LogP contribution in [0.15, 0.2) is 48.7 Å². The Bertz CT molecular complexity index is 902. The Morgan fingerprint density at radius 2 is 2.00 bits per heavy atom. The Balaban J connectivity index is 1.81. The van der Waals surface area contributed by atoms with Crippen molar-refractivity contribution in [1.29, 1.82) is 0 Å². The Morgan fingerprint density at radius 1 is 1.24 bits per heavy atom. The quantitative estimate of drug-likeness (QED) is 0.467. The summed E-state index contributed by atoms with van der Waals surface area (Å²) in [7, 11) is 0. The van der Waals surface area contributed by atoms with Crippen LogP contribution in [0, 0.1) is 15.9 Å². The molecule has 1 N–H and O–H groups in total. The average Bonchev–Trinajstić information content (AvgIpc) is 3.00. The molecule has 0 saturated heterocycles. The number of nitro groups is 1. The van der Waals surface area contributed by atoms with E-state index in [2.05, 4.69) is 10.3 Å². The third-order valence-corrected chi connectivity index (χ3v) is 4.26. The normalized spacial score (nSPS) is 10.5. The van der Waals surface area contributed by atoms with Crippen LogP contribution < -0.4 is 10.1 Å². The second kappa shape index (κ2) is 7.45. The predicted molar refractivity (Wildman–Crippen MR) is 94.0 cm³/mol. The molecule has 3 aromatic rings. The molecule has 0 unspecified atom stereocenters. The number of rotatable bonds is 6. The second-order valence-electron chi connectivity index (χ2n) is 4.96. The smallest absolute Gasteiger partial charge is 0.275 e. The highest BCUT2D eigenvalue weighted by atomic mass is 35.5. The van der Waals surface area contributed by atoms with Crippen LogP contribution in [-0.4, -0.2) is 9.91 Å². The van der Waals surface area contributed by atoms with Crippen LogP contribution >= 0.6 is 22.9 Å². The SMILES string of the molecule is O=[N+]([O-])c1cc(NCc2cnc(Cl)s2)cc(Oc2ccc(F)cc2)c1. The van der Waals surface area contributed by atoms with Crippen molar-refractivity contribution < 1.29 is 14.1 Å². The van der Waals surface area contributed by atoms with Crippen molar-refractivity contribution in [2.75, 3.05) is 5.32 Å². The van der Waals surface area contributed by atoms with Gasteiger partial charge in [-0.3, -0.25) is 10.1 Å². The van der Waals surface area contributed by atoms with Crippen molar-refractivity contribution in [3.8, 4) is 11.5 Å². The maximum absolute atomic E-state index is 13.0. The minimum absolute atomic E-state index is 0.121. The third-order valence-electron chi connectivity index (χ3n) is 3.14. The van der Waals surface area contributed by atoms with E-state index in [1.165, 1.54) is 47.7 Å². The Kier molecular flexibility index (Phi) is 5.11. The van der Waals surface area contributed by atoms with Crippen molar-refractivity contribution in [2.24, 2.45) is 0 Å². The summed E-state index contributed by atoms with van der Waals surface area (Å²) in [5.41, 5.74) is 0.389.